The first-order valence-electron chi connectivity index (χ1n) is 5.12. The monoisotopic (exact) mass is 204 g/mol. The Morgan fingerprint density at radius 2 is 2.07 bits per heavy atom. The van der Waals surface area contributed by atoms with Gasteiger partial charge in [-0.05, 0) is 0 Å². The summed E-state index contributed by atoms with van der Waals surface area (Å²) in [5.41, 5.74) is 0. The molecule has 0 amide bonds. The van der Waals surface area contributed by atoms with Crippen molar-refractivity contribution in [3.8, 4) is 0 Å². The normalized spacial score (nSPS) is 21.0. The Labute approximate surface area is 84.7 Å². The van der Waals surface area contributed by atoms with Crippen molar-refractivity contribution in [2.75, 3.05) is 52.5 Å². The summed E-state index contributed by atoms with van der Waals surface area (Å²) >= 11 is 0. The zero-order valence-corrected chi connectivity index (χ0v) is 8.48. The molecule has 0 spiro atoms. The van der Waals surface area contributed by atoms with Gasteiger partial charge in [0.2, 0.25) is 0 Å². The smallest absolute Gasteiger partial charge is 0.0894 e. The summed E-state index contributed by atoms with van der Waals surface area (Å²) in [6.07, 6.45) is -0.639. The van der Waals surface area contributed by atoms with Crippen LogP contribution in [0.3, 0.4) is 0 Å². The Kier molecular flexibility index (Phi) is 6.05. The van der Waals surface area contributed by atoms with Crippen molar-refractivity contribution in [1.29, 1.82) is 0 Å². The molecule has 1 rings (SSSR count). The third-order valence-electron chi connectivity index (χ3n) is 2.30. The highest BCUT2D eigenvalue weighted by Crippen LogP contribution is 1.94. The predicted molar refractivity (Wildman–Crippen MR) is 53.2 cm³/mol. The molecule has 0 aromatic carbocycles. The molecule has 0 bridgehead atoms. The van der Waals surface area contributed by atoms with Gasteiger partial charge >= 0.3 is 0 Å². The largest absolute Gasteiger partial charge is 0.394 e. The van der Waals surface area contributed by atoms with E-state index in [1.165, 1.54) is 0 Å². The van der Waals surface area contributed by atoms with E-state index in [9.17, 15) is 0 Å². The van der Waals surface area contributed by atoms with Crippen LogP contribution in [0.15, 0.2) is 0 Å². The minimum Gasteiger partial charge on any atom is -0.394 e. The molecule has 0 aromatic heterocycles. The van der Waals surface area contributed by atoms with Crippen LogP contribution in [0.4, 0.5) is 0 Å². The van der Waals surface area contributed by atoms with Gasteiger partial charge in [0.05, 0.1) is 25.9 Å². The molecule has 5 nitrogen and oxygen atoms in total. The van der Waals surface area contributed by atoms with Crippen LogP contribution in [-0.4, -0.2) is 73.8 Å². The first-order chi connectivity index (χ1) is 6.83. The van der Waals surface area contributed by atoms with E-state index in [4.69, 9.17) is 14.9 Å². The fourth-order valence-electron chi connectivity index (χ4n) is 1.40. The lowest BCUT2D eigenvalue weighted by atomic mass is 10.3. The maximum Gasteiger partial charge on any atom is 0.0894 e. The van der Waals surface area contributed by atoms with Gasteiger partial charge in [-0.1, -0.05) is 0 Å². The highest BCUT2D eigenvalue weighted by Gasteiger charge is 2.09. The highest BCUT2D eigenvalue weighted by atomic mass is 16.5. The van der Waals surface area contributed by atoms with Crippen molar-refractivity contribution in [1.82, 2.24) is 10.2 Å². The second kappa shape index (κ2) is 7.14. The molecular weight excluding hydrogens is 184 g/mol. The third-order valence-corrected chi connectivity index (χ3v) is 2.30. The lowest BCUT2D eigenvalue weighted by Gasteiger charge is -2.26. The quantitative estimate of drug-likeness (QED) is 0.448. The maximum atomic E-state index is 9.05. The van der Waals surface area contributed by atoms with Gasteiger partial charge in [-0.15, -0.1) is 0 Å². The number of aliphatic hydroxyl groups is 2. The average Bonchev–Trinajstić information content (AvgIpc) is 2.25. The van der Waals surface area contributed by atoms with Gasteiger partial charge in [0, 0.05) is 32.7 Å². The standard InChI is InChI=1S/C9H20N2O3/c12-8-9(13)7-10-1-2-11-3-5-14-6-4-11/h9-10,12-13H,1-8H2/t9-/m0/s1. The van der Waals surface area contributed by atoms with Crippen LogP contribution >= 0.6 is 0 Å². The fourth-order valence-corrected chi connectivity index (χ4v) is 1.40. The molecule has 0 saturated carbocycles. The topological polar surface area (TPSA) is 65.0 Å². The number of nitrogens with zero attached hydrogens (tertiary/aromatic N) is 1. The van der Waals surface area contributed by atoms with E-state index in [0.29, 0.717) is 6.54 Å². The van der Waals surface area contributed by atoms with Crippen molar-refractivity contribution in [3.05, 3.63) is 0 Å². The second-order valence-corrected chi connectivity index (χ2v) is 3.49. The van der Waals surface area contributed by atoms with Crippen LogP contribution in [-0.2, 0) is 4.74 Å². The van der Waals surface area contributed by atoms with Gasteiger partial charge in [0.1, 0.15) is 0 Å². The number of morpholine rings is 1. The van der Waals surface area contributed by atoms with E-state index < -0.39 is 6.10 Å². The predicted octanol–water partition coefficient (Wildman–Crippen LogP) is -1.74. The summed E-state index contributed by atoms with van der Waals surface area (Å²) in [7, 11) is 0. The van der Waals surface area contributed by atoms with E-state index >= 15 is 0 Å². The zero-order valence-electron chi connectivity index (χ0n) is 8.48. The van der Waals surface area contributed by atoms with E-state index in [2.05, 4.69) is 10.2 Å². The molecule has 14 heavy (non-hydrogen) atoms. The number of aliphatic hydroxyl groups excluding tert-OH is 2. The van der Waals surface area contributed by atoms with Crippen molar-refractivity contribution < 1.29 is 14.9 Å². The number of rotatable bonds is 6. The molecule has 1 heterocycles. The average molecular weight is 204 g/mol. The van der Waals surface area contributed by atoms with E-state index in [1.54, 1.807) is 0 Å². The Morgan fingerprint density at radius 3 is 2.71 bits per heavy atom. The molecule has 1 saturated heterocycles. The number of hydrogen-bond acceptors (Lipinski definition) is 5. The summed E-state index contributed by atoms with van der Waals surface area (Å²) in [5, 5.41) is 20.7. The van der Waals surface area contributed by atoms with Crippen molar-refractivity contribution in [2.24, 2.45) is 0 Å². The Balaban J connectivity index is 1.92. The van der Waals surface area contributed by atoms with Crippen LogP contribution in [0, 0.1) is 0 Å². The van der Waals surface area contributed by atoms with Gasteiger partial charge < -0.3 is 20.3 Å². The summed E-state index contributed by atoms with van der Waals surface area (Å²) in [6, 6.07) is 0. The first-order valence-corrected chi connectivity index (χ1v) is 5.12. The Bertz CT molecular complexity index is 140. The molecule has 0 aliphatic carbocycles. The minimum absolute atomic E-state index is 0.176. The van der Waals surface area contributed by atoms with Gasteiger partial charge in [0.15, 0.2) is 0 Å². The van der Waals surface area contributed by atoms with Gasteiger partial charge in [-0.25, -0.2) is 0 Å². The molecule has 1 aliphatic rings. The molecule has 0 radical (unpaired) electrons. The molecule has 3 N–H and O–H groups in total. The van der Waals surface area contributed by atoms with Gasteiger partial charge in [-0.3, -0.25) is 4.90 Å². The zero-order chi connectivity index (χ0) is 10.2. The lowest BCUT2D eigenvalue weighted by molar-refractivity contribution is 0.0375. The fraction of sp³-hybridized carbons (Fsp3) is 1.00. The number of ether oxygens (including phenoxy) is 1. The highest BCUT2D eigenvalue weighted by molar-refractivity contribution is 4.64. The summed E-state index contributed by atoms with van der Waals surface area (Å²) < 4.78 is 5.23. The minimum atomic E-state index is -0.639. The van der Waals surface area contributed by atoms with E-state index in [1.807, 2.05) is 0 Å². The third kappa shape index (κ3) is 4.88. The molecule has 0 unspecified atom stereocenters. The van der Waals surface area contributed by atoms with Crippen molar-refractivity contribution in [2.45, 2.75) is 6.10 Å². The van der Waals surface area contributed by atoms with E-state index in [0.717, 1.165) is 39.4 Å². The van der Waals surface area contributed by atoms with Gasteiger partial charge in [0.25, 0.3) is 0 Å². The van der Waals surface area contributed by atoms with E-state index in [-0.39, 0.29) is 6.61 Å². The molecule has 5 heteroatoms. The van der Waals surface area contributed by atoms with Crippen LogP contribution in [0.5, 0.6) is 0 Å². The van der Waals surface area contributed by atoms with Crippen molar-refractivity contribution in [3.63, 3.8) is 0 Å². The summed E-state index contributed by atoms with van der Waals surface area (Å²) in [4.78, 5) is 2.32. The molecule has 1 aliphatic heterocycles. The molecular formula is C9H20N2O3. The SMILES string of the molecule is OC[C@@H](O)CNCCN1CCOCC1. The summed E-state index contributed by atoms with van der Waals surface area (Å²) in [6.45, 7) is 5.72. The first kappa shape index (κ1) is 11.9. The molecule has 1 fully saturated rings. The van der Waals surface area contributed by atoms with Crippen LogP contribution in [0.1, 0.15) is 0 Å². The second-order valence-electron chi connectivity index (χ2n) is 3.49. The Morgan fingerprint density at radius 1 is 1.36 bits per heavy atom. The number of nitrogens with one attached hydrogen (secondary N) is 1. The van der Waals surface area contributed by atoms with Crippen LogP contribution in [0.2, 0.25) is 0 Å². The Hall–Kier alpha value is -0.200. The number of hydrogen-bond donors (Lipinski definition) is 3. The molecule has 84 valence electrons. The molecule has 1 atom stereocenters. The summed E-state index contributed by atoms with van der Waals surface area (Å²) in [5.74, 6) is 0. The molecule has 0 aromatic rings. The lowest BCUT2D eigenvalue weighted by Crippen LogP contribution is -2.41. The van der Waals surface area contributed by atoms with Crippen LogP contribution in [0.25, 0.3) is 0 Å². The van der Waals surface area contributed by atoms with Crippen molar-refractivity contribution >= 4 is 0 Å². The van der Waals surface area contributed by atoms with Gasteiger partial charge in [-0.2, -0.15) is 0 Å². The van der Waals surface area contributed by atoms with Crippen LogP contribution < -0.4 is 5.32 Å². The maximum absolute atomic E-state index is 9.05.